The maximum atomic E-state index is 13.4. The minimum absolute atomic E-state index is 0.0218. The summed E-state index contributed by atoms with van der Waals surface area (Å²) < 4.78 is 18.4. The second-order valence-electron chi connectivity index (χ2n) is 7.14. The summed E-state index contributed by atoms with van der Waals surface area (Å²) in [6.07, 6.45) is -0.238. The second-order valence-corrected chi connectivity index (χ2v) is 7.14. The van der Waals surface area contributed by atoms with Gasteiger partial charge in [-0.2, -0.15) is 4.39 Å². The van der Waals surface area contributed by atoms with E-state index in [4.69, 9.17) is 4.74 Å². The smallest absolute Gasteiger partial charge is 0.308 e. The van der Waals surface area contributed by atoms with Crippen LogP contribution in [0.1, 0.15) is 28.4 Å². The van der Waals surface area contributed by atoms with E-state index in [1.807, 2.05) is 0 Å². The van der Waals surface area contributed by atoms with E-state index in [0.717, 1.165) is 18.2 Å². The molecule has 10 heteroatoms. The van der Waals surface area contributed by atoms with Gasteiger partial charge in [0.15, 0.2) is 6.61 Å². The van der Waals surface area contributed by atoms with Crippen molar-refractivity contribution in [2.75, 3.05) is 11.9 Å². The van der Waals surface area contributed by atoms with Crippen LogP contribution in [0.3, 0.4) is 0 Å². The van der Waals surface area contributed by atoms with Gasteiger partial charge in [0.25, 0.3) is 11.8 Å². The van der Waals surface area contributed by atoms with Gasteiger partial charge in [0.2, 0.25) is 5.82 Å². The number of esters is 1. The van der Waals surface area contributed by atoms with Crippen LogP contribution in [0.5, 0.6) is 0 Å². The van der Waals surface area contributed by atoms with Crippen LogP contribution in [0.25, 0.3) is 0 Å². The Morgan fingerprint density at radius 3 is 2.26 bits per heavy atom. The molecular weight excluding hydrogens is 445 g/mol. The van der Waals surface area contributed by atoms with Gasteiger partial charge in [0.1, 0.15) is 0 Å². The molecule has 1 atom stereocenters. The lowest BCUT2D eigenvalue weighted by Crippen LogP contribution is -2.31. The van der Waals surface area contributed by atoms with Crippen LogP contribution in [0.4, 0.5) is 15.8 Å². The SMILES string of the molecule is O=C(COC(=O)C[C@@H](NC(=O)c1ccccc1)c1ccccc1)Nc1ccc(F)c([N+](=O)[O-])c1. The van der Waals surface area contributed by atoms with Crippen molar-refractivity contribution in [2.24, 2.45) is 0 Å². The number of nitro groups is 1. The lowest BCUT2D eigenvalue weighted by atomic mass is 10.0. The number of benzene rings is 3. The zero-order valence-electron chi connectivity index (χ0n) is 17.8. The standard InChI is InChI=1S/C24H20FN3O6/c25-19-12-11-18(13-21(19)28(32)33)26-22(29)15-34-23(30)14-20(16-7-3-1-4-8-16)27-24(31)17-9-5-2-6-10-17/h1-13,20H,14-15H2,(H,26,29)(H,27,31)/t20-/m1/s1. The molecule has 0 spiro atoms. The minimum atomic E-state index is -1.04. The molecule has 0 saturated carbocycles. The molecule has 3 aromatic rings. The highest BCUT2D eigenvalue weighted by Gasteiger charge is 2.21. The summed E-state index contributed by atoms with van der Waals surface area (Å²) in [5, 5.41) is 15.9. The predicted molar refractivity (Wildman–Crippen MR) is 120 cm³/mol. The molecule has 0 saturated heterocycles. The number of nitrogens with zero attached hydrogens (tertiary/aromatic N) is 1. The topological polar surface area (TPSA) is 128 Å². The van der Waals surface area contributed by atoms with Crippen LogP contribution < -0.4 is 10.6 Å². The van der Waals surface area contributed by atoms with E-state index in [1.165, 1.54) is 0 Å². The summed E-state index contributed by atoms with van der Waals surface area (Å²) in [4.78, 5) is 47.0. The second kappa shape index (κ2) is 11.3. The highest BCUT2D eigenvalue weighted by atomic mass is 19.1. The van der Waals surface area contributed by atoms with Crippen molar-refractivity contribution in [3.05, 3.63) is 106 Å². The summed E-state index contributed by atoms with van der Waals surface area (Å²) in [6, 6.07) is 19.4. The molecule has 0 fully saturated rings. The summed E-state index contributed by atoms with van der Waals surface area (Å²) in [5.41, 5.74) is 0.275. The molecule has 2 N–H and O–H groups in total. The third-order valence-corrected chi connectivity index (χ3v) is 4.70. The van der Waals surface area contributed by atoms with Crippen molar-refractivity contribution in [3.8, 4) is 0 Å². The van der Waals surface area contributed by atoms with Crippen molar-refractivity contribution >= 4 is 29.2 Å². The summed E-state index contributed by atoms with van der Waals surface area (Å²) in [6.45, 7) is -0.669. The number of nitro benzene ring substituents is 1. The first kappa shape index (κ1) is 24.1. The third kappa shape index (κ3) is 6.70. The Morgan fingerprint density at radius 2 is 1.62 bits per heavy atom. The van der Waals surface area contributed by atoms with E-state index in [2.05, 4.69) is 10.6 Å². The molecule has 0 aliphatic carbocycles. The lowest BCUT2D eigenvalue weighted by Gasteiger charge is -2.19. The molecule has 0 aliphatic heterocycles. The van der Waals surface area contributed by atoms with Crippen molar-refractivity contribution in [3.63, 3.8) is 0 Å². The number of anilines is 1. The first-order valence-corrected chi connectivity index (χ1v) is 10.1. The van der Waals surface area contributed by atoms with Crippen LogP contribution >= 0.6 is 0 Å². The van der Waals surface area contributed by atoms with Crippen molar-refractivity contribution in [2.45, 2.75) is 12.5 Å². The van der Waals surface area contributed by atoms with Crippen LogP contribution in [-0.4, -0.2) is 29.3 Å². The molecule has 0 heterocycles. The van der Waals surface area contributed by atoms with Crippen LogP contribution in [0.2, 0.25) is 0 Å². The number of nitrogens with one attached hydrogen (secondary N) is 2. The first-order chi connectivity index (χ1) is 16.3. The summed E-state index contributed by atoms with van der Waals surface area (Å²) in [7, 11) is 0. The molecule has 34 heavy (non-hydrogen) atoms. The molecule has 0 aliphatic rings. The van der Waals surface area contributed by atoms with Crippen molar-refractivity contribution in [1.82, 2.24) is 5.32 Å². The van der Waals surface area contributed by atoms with Gasteiger partial charge in [-0.05, 0) is 29.8 Å². The van der Waals surface area contributed by atoms with E-state index >= 15 is 0 Å². The lowest BCUT2D eigenvalue weighted by molar-refractivity contribution is -0.387. The summed E-state index contributed by atoms with van der Waals surface area (Å²) in [5.74, 6) is -2.93. The molecule has 0 bridgehead atoms. The van der Waals surface area contributed by atoms with E-state index in [0.29, 0.717) is 11.1 Å². The highest BCUT2D eigenvalue weighted by molar-refractivity contribution is 5.95. The molecule has 174 valence electrons. The number of carbonyl (C=O) groups is 3. The fraction of sp³-hybridized carbons (Fsp3) is 0.125. The molecular formula is C24H20FN3O6. The van der Waals surface area contributed by atoms with E-state index in [1.54, 1.807) is 60.7 Å². The zero-order chi connectivity index (χ0) is 24.5. The number of ether oxygens (including phenoxy) is 1. The Labute approximate surface area is 193 Å². The zero-order valence-corrected chi connectivity index (χ0v) is 17.8. The van der Waals surface area contributed by atoms with Gasteiger partial charge in [-0.25, -0.2) is 0 Å². The van der Waals surface area contributed by atoms with Crippen molar-refractivity contribution in [1.29, 1.82) is 0 Å². The van der Waals surface area contributed by atoms with Gasteiger partial charge in [-0.1, -0.05) is 48.5 Å². The summed E-state index contributed by atoms with van der Waals surface area (Å²) >= 11 is 0. The highest BCUT2D eigenvalue weighted by Crippen LogP contribution is 2.22. The Kier molecular flexibility index (Phi) is 8.01. The maximum absolute atomic E-state index is 13.4. The van der Waals surface area contributed by atoms with E-state index in [9.17, 15) is 28.9 Å². The maximum Gasteiger partial charge on any atom is 0.308 e. The van der Waals surface area contributed by atoms with Crippen LogP contribution in [0, 0.1) is 15.9 Å². The van der Waals surface area contributed by atoms with Gasteiger partial charge in [-0.15, -0.1) is 0 Å². The largest absolute Gasteiger partial charge is 0.455 e. The van der Waals surface area contributed by atoms with Crippen LogP contribution in [0.15, 0.2) is 78.9 Å². The minimum Gasteiger partial charge on any atom is -0.455 e. The Bertz CT molecular complexity index is 1190. The fourth-order valence-electron chi connectivity index (χ4n) is 3.07. The monoisotopic (exact) mass is 465 g/mol. The first-order valence-electron chi connectivity index (χ1n) is 10.1. The van der Waals surface area contributed by atoms with E-state index in [-0.39, 0.29) is 18.0 Å². The molecule has 2 amide bonds. The average molecular weight is 465 g/mol. The predicted octanol–water partition coefficient (Wildman–Crippen LogP) is 3.78. The van der Waals surface area contributed by atoms with Crippen LogP contribution in [-0.2, 0) is 14.3 Å². The normalized spacial score (nSPS) is 11.2. The molecule has 0 unspecified atom stereocenters. The average Bonchev–Trinajstić information content (AvgIpc) is 2.84. The quantitative estimate of drug-likeness (QED) is 0.281. The van der Waals surface area contributed by atoms with Gasteiger partial charge in [-0.3, -0.25) is 24.5 Å². The van der Waals surface area contributed by atoms with Gasteiger partial charge in [0, 0.05) is 17.3 Å². The Morgan fingerprint density at radius 1 is 0.971 bits per heavy atom. The number of amides is 2. The Balaban J connectivity index is 1.60. The molecule has 9 nitrogen and oxygen atoms in total. The number of rotatable bonds is 9. The van der Waals surface area contributed by atoms with Gasteiger partial charge >= 0.3 is 11.7 Å². The van der Waals surface area contributed by atoms with Crippen molar-refractivity contribution < 1.29 is 28.4 Å². The van der Waals surface area contributed by atoms with Gasteiger partial charge < -0.3 is 15.4 Å². The van der Waals surface area contributed by atoms with Gasteiger partial charge in [0.05, 0.1) is 17.4 Å². The van der Waals surface area contributed by atoms with E-state index < -0.39 is 41.0 Å². The number of carbonyl (C=O) groups excluding carboxylic acids is 3. The third-order valence-electron chi connectivity index (χ3n) is 4.70. The fourth-order valence-corrected chi connectivity index (χ4v) is 3.07. The molecule has 3 rings (SSSR count). The molecule has 0 radical (unpaired) electrons. The molecule has 3 aromatic carbocycles. The number of hydrogen-bond acceptors (Lipinski definition) is 6. The molecule has 0 aromatic heterocycles. The number of hydrogen-bond donors (Lipinski definition) is 2. The number of halogens is 1. The Hall–Kier alpha value is -4.60.